The fraction of sp³-hybridized carbons (Fsp3) is 0.462. The Labute approximate surface area is 96.0 Å². The molecule has 1 aromatic carbocycles. The molecule has 3 heteroatoms. The third kappa shape index (κ3) is 2.61. The second-order valence-corrected chi connectivity index (χ2v) is 4.35. The first-order valence-corrected chi connectivity index (χ1v) is 5.84. The van der Waals surface area contributed by atoms with E-state index in [-0.39, 0.29) is 17.8 Å². The molecule has 3 N–H and O–H groups in total. The molecule has 0 aromatic heterocycles. The summed E-state index contributed by atoms with van der Waals surface area (Å²) in [5, 5.41) is 9.58. The van der Waals surface area contributed by atoms with Crippen LogP contribution in [0.1, 0.15) is 31.2 Å². The maximum atomic E-state index is 9.58. The molecule has 0 aliphatic heterocycles. The molecule has 1 aliphatic carbocycles. The maximum Gasteiger partial charge on any atom is 0.124 e. The molecular weight excluding hydrogens is 200 g/mol. The predicted octanol–water partition coefficient (Wildman–Crippen LogP) is 2.08. The highest BCUT2D eigenvalue weighted by atomic mass is 16.3. The second kappa shape index (κ2) is 5.12. The van der Waals surface area contributed by atoms with Gasteiger partial charge in [0.1, 0.15) is 5.75 Å². The fourth-order valence-corrected chi connectivity index (χ4v) is 2.10. The number of hydrogen-bond acceptors (Lipinski definition) is 3. The number of aromatic hydroxyl groups is 1. The third-order valence-electron chi connectivity index (χ3n) is 3.12. The molecule has 1 saturated carbocycles. The van der Waals surface area contributed by atoms with Crippen LogP contribution in [0, 0.1) is 0 Å². The summed E-state index contributed by atoms with van der Waals surface area (Å²) in [6.45, 7) is 0. The van der Waals surface area contributed by atoms with E-state index in [0.29, 0.717) is 0 Å². The summed E-state index contributed by atoms with van der Waals surface area (Å²) in [4.78, 5) is 4.49. The Bertz CT molecular complexity index is 376. The van der Waals surface area contributed by atoms with Gasteiger partial charge >= 0.3 is 0 Å². The molecule has 1 fully saturated rings. The van der Waals surface area contributed by atoms with E-state index in [1.807, 2.05) is 12.1 Å². The minimum Gasteiger partial charge on any atom is -0.507 e. The van der Waals surface area contributed by atoms with Gasteiger partial charge in [0, 0.05) is 17.8 Å². The van der Waals surface area contributed by atoms with Crippen LogP contribution in [0.25, 0.3) is 0 Å². The standard InChI is InChI=1S/C13H18N2O/c14-11-6-2-3-7-12(11)15-9-10-5-1-4-8-13(10)16/h1,4-5,8-9,11-12,16H,2-3,6-7,14H2/t11?,12-/m1/s1. The summed E-state index contributed by atoms with van der Waals surface area (Å²) < 4.78 is 0. The maximum absolute atomic E-state index is 9.58. The number of phenols is 1. The lowest BCUT2D eigenvalue weighted by Gasteiger charge is -2.24. The zero-order chi connectivity index (χ0) is 11.4. The average Bonchev–Trinajstić information content (AvgIpc) is 2.30. The molecule has 2 rings (SSSR count). The molecule has 86 valence electrons. The number of aliphatic imine (C=N–C) groups is 1. The molecule has 0 radical (unpaired) electrons. The van der Waals surface area contributed by atoms with Gasteiger partial charge in [0.15, 0.2) is 0 Å². The lowest BCUT2D eigenvalue weighted by atomic mass is 9.91. The van der Waals surface area contributed by atoms with Crippen molar-refractivity contribution in [1.29, 1.82) is 0 Å². The van der Waals surface area contributed by atoms with Crippen molar-refractivity contribution in [1.82, 2.24) is 0 Å². The van der Waals surface area contributed by atoms with Crippen LogP contribution in [0.4, 0.5) is 0 Å². The van der Waals surface area contributed by atoms with Crippen molar-refractivity contribution in [2.45, 2.75) is 37.8 Å². The quantitative estimate of drug-likeness (QED) is 0.747. The van der Waals surface area contributed by atoms with Gasteiger partial charge < -0.3 is 10.8 Å². The van der Waals surface area contributed by atoms with Crippen LogP contribution < -0.4 is 5.73 Å². The number of nitrogens with two attached hydrogens (primary N) is 1. The first-order valence-electron chi connectivity index (χ1n) is 5.84. The smallest absolute Gasteiger partial charge is 0.124 e. The second-order valence-electron chi connectivity index (χ2n) is 4.35. The average molecular weight is 218 g/mol. The Hall–Kier alpha value is -1.35. The van der Waals surface area contributed by atoms with Gasteiger partial charge in [-0.05, 0) is 25.0 Å². The monoisotopic (exact) mass is 218 g/mol. The Kier molecular flexibility index (Phi) is 3.57. The van der Waals surface area contributed by atoms with Crippen LogP contribution in [-0.4, -0.2) is 23.4 Å². The molecule has 16 heavy (non-hydrogen) atoms. The van der Waals surface area contributed by atoms with E-state index in [1.165, 1.54) is 12.8 Å². The number of rotatable bonds is 2. The minimum absolute atomic E-state index is 0.177. The van der Waals surface area contributed by atoms with Gasteiger partial charge in [0.05, 0.1) is 6.04 Å². The van der Waals surface area contributed by atoms with Crippen molar-refractivity contribution >= 4 is 6.21 Å². The van der Waals surface area contributed by atoms with E-state index < -0.39 is 0 Å². The van der Waals surface area contributed by atoms with Gasteiger partial charge in [-0.3, -0.25) is 4.99 Å². The molecule has 1 aromatic rings. The largest absolute Gasteiger partial charge is 0.507 e. The molecule has 0 saturated heterocycles. The fourth-order valence-electron chi connectivity index (χ4n) is 2.10. The van der Waals surface area contributed by atoms with Crippen LogP contribution in [0.3, 0.4) is 0 Å². The van der Waals surface area contributed by atoms with Gasteiger partial charge in [-0.2, -0.15) is 0 Å². The van der Waals surface area contributed by atoms with Crippen LogP contribution in [0.15, 0.2) is 29.3 Å². The van der Waals surface area contributed by atoms with Gasteiger partial charge in [-0.25, -0.2) is 0 Å². The molecular formula is C13H18N2O. The molecule has 1 aliphatic rings. The molecule has 3 nitrogen and oxygen atoms in total. The highest BCUT2D eigenvalue weighted by Crippen LogP contribution is 2.20. The Balaban J connectivity index is 2.06. The van der Waals surface area contributed by atoms with Crippen molar-refractivity contribution in [2.24, 2.45) is 10.7 Å². The summed E-state index contributed by atoms with van der Waals surface area (Å²) >= 11 is 0. The minimum atomic E-state index is 0.177. The van der Waals surface area contributed by atoms with E-state index in [9.17, 15) is 5.11 Å². The van der Waals surface area contributed by atoms with E-state index in [1.54, 1.807) is 18.3 Å². The summed E-state index contributed by atoms with van der Waals surface area (Å²) in [6, 6.07) is 7.61. The Morgan fingerprint density at radius 2 is 2.00 bits per heavy atom. The molecule has 2 atom stereocenters. The third-order valence-corrected chi connectivity index (χ3v) is 3.12. The number of phenolic OH excluding ortho intramolecular Hbond substituents is 1. The molecule has 0 amide bonds. The first kappa shape index (κ1) is 11.1. The van der Waals surface area contributed by atoms with Gasteiger partial charge in [-0.15, -0.1) is 0 Å². The number of benzene rings is 1. The van der Waals surface area contributed by atoms with Crippen LogP contribution in [-0.2, 0) is 0 Å². The van der Waals surface area contributed by atoms with Gasteiger partial charge in [-0.1, -0.05) is 25.0 Å². The van der Waals surface area contributed by atoms with Crippen molar-refractivity contribution in [2.75, 3.05) is 0 Å². The Morgan fingerprint density at radius 3 is 2.75 bits per heavy atom. The highest BCUT2D eigenvalue weighted by Gasteiger charge is 2.20. The molecule has 0 spiro atoms. The van der Waals surface area contributed by atoms with Crippen LogP contribution in [0.2, 0.25) is 0 Å². The van der Waals surface area contributed by atoms with E-state index in [2.05, 4.69) is 4.99 Å². The highest BCUT2D eigenvalue weighted by molar-refractivity contribution is 5.83. The Morgan fingerprint density at radius 1 is 1.25 bits per heavy atom. The van der Waals surface area contributed by atoms with Crippen molar-refractivity contribution in [3.8, 4) is 5.75 Å². The first-order chi connectivity index (χ1) is 7.77. The summed E-state index contributed by atoms with van der Waals surface area (Å²) in [6.07, 6.45) is 6.28. The number of para-hydroxylation sites is 1. The topological polar surface area (TPSA) is 58.6 Å². The van der Waals surface area contributed by atoms with Crippen LogP contribution >= 0.6 is 0 Å². The predicted molar refractivity (Wildman–Crippen MR) is 65.9 cm³/mol. The van der Waals surface area contributed by atoms with Gasteiger partial charge in [0.2, 0.25) is 0 Å². The summed E-state index contributed by atoms with van der Waals surface area (Å²) in [5.74, 6) is 0.274. The zero-order valence-corrected chi connectivity index (χ0v) is 9.34. The lowest BCUT2D eigenvalue weighted by molar-refractivity contribution is 0.387. The number of nitrogens with zero attached hydrogens (tertiary/aromatic N) is 1. The lowest BCUT2D eigenvalue weighted by Crippen LogP contribution is -2.36. The summed E-state index contributed by atoms with van der Waals surface area (Å²) in [5.41, 5.74) is 6.77. The molecule has 0 bridgehead atoms. The van der Waals surface area contributed by atoms with Crippen molar-refractivity contribution < 1.29 is 5.11 Å². The number of hydrogen-bond donors (Lipinski definition) is 2. The normalized spacial score (nSPS) is 26.1. The van der Waals surface area contributed by atoms with E-state index >= 15 is 0 Å². The van der Waals surface area contributed by atoms with Gasteiger partial charge in [0.25, 0.3) is 0 Å². The summed E-state index contributed by atoms with van der Waals surface area (Å²) in [7, 11) is 0. The van der Waals surface area contributed by atoms with Crippen LogP contribution in [0.5, 0.6) is 5.75 Å². The van der Waals surface area contributed by atoms with Crippen molar-refractivity contribution in [3.05, 3.63) is 29.8 Å². The molecule has 0 heterocycles. The van der Waals surface area contributed by atoms with E-state index in [0.717, 1.165) is 18.4 Å². The van der Waals surface area contributed by atoms with Crippen molar-refractivity contribution in [3.63, 3.8) is 0 Å². The van der Waals surface area contributed by atoms with E-state index in [4.69, 9.17) is 5.73 Å². The SMILES string of the molecule is NC1CCCC[C@H]1N=Cc1ccccc1O. The zero-order valence-electron chi connectivity index (χ0n) is 9.34. The molecule has 1 unspecified atom stereocenters.